The molecule has 4 atom stereocenters. The Morgan fingerprint density at radius 2 is 1.88 bits per heavy atom. The molecule has 0 aromatic rings. The van der Waals surface area contributed by atoms with E-state index < -0.39 is 35.5 Å². The first-order valence-electron chi connectivity index (χ1n) is 4.79. The van der Waals surface area contributed by atoms with Crippen molar-refractivity contribution in [2.75, 3.05) is 13.2 Å². The van der Waals surface area contributed by atoms with E-state index in [1.54, 1.807) is 0 Å². The quantitative estimate of drug-likeness (QED) is 0.361. The van der Waals surface area contributed by atoms with E-state index in [-0.39, 0.29) is 13.2 Å². The normalized spacial score (nSPS) is 36.8. The molecule has 8 nitrogen and oxygen atoms in total. The Morgan fingerprint density at radius 3 is 2.44 bits per heavy atom. The van der Waals surface area contributed by atoms with Gasteiger partial charge in [-0.1, -0.05) is 0 Å². The number of nitrogens with zero attached hydrogens (tertiary/aromatic N) is 1. The van der Waals surface area contributed by atoms with Crippen LogP contribution in [-0.2, 0) is 23.8 Å². The van der Waals surface area contributed by atoms with Crippen molar-refractivity contribution in [1.82, 2.24) is 0 Å². The Kier molecular flexibility index (Phi) is 2.92. The number of carbonyl (C=O) groups excluding carboxylic acids is 1. The third-order valence-electron chi connectivity index (χ3n) is 2.50. The molecular formula is C8H11NO7. The van der Waals surface area contributed by atoms with E-state index >= 15 is 0 Å². The van der Waals surface area contributed by atoms with Crippen molar-refractivity contribution in [2.24, 2.45) is 0 Å². The first-order valence-corrected chi connectivity index (χ1v) is 4.79. The van der Waals surface area contributed by atoms with Gasteiger partial charge >= 0.3 is 5.97 Å². The summed E-state index contributed by atoms with van der Waals surface area (Å²) in [6, 6.07) is 0. The molecule has 2 fully saturated rings. The van der Waals surface area contributed by atoms with Gasteiger partial charge in [0.1, 0.15) is 12.2 Å². The van der Waals surface area contributed by atoms with Crippen LogP contribution in [0.25, 0.3) is 0 Å². The fraction of sp³-hybridized carbons (Fsp3) is 0.875. The maximum atomic E-state index is 10.8. The van der Waals surface area contributed by atoms with Crippen LogP contribution in [0.1, 0.15) is 6.92 Å². The fourth-order valence-electron chi connectivity index (χ4n) is 1.94. The summed E-state index contributed by atoms with van der Waals surface area (Å²) in [4.78, 5) is 25.4. The zero-order valence-corrected chi connectivity index (χ0v) is 8.53. The highest BCUT2D eigenvalue weighted by Crippen LogP contribution is 2.30. The molecule has 0 aliphatic carbocycles. The molecule has 0 bridgehead atoms. The summed E-state index contributed by atoms with van der Waals surface area (Å²) in [6.07, 6.45) is -2.29. The molecule has 0 N–H and O–H groups in total. The molecule has 90 valence electrons. The number of hydrogen-bond acceptors (Lipinski definition) is 7. The summed E-state index contributed by atoms with van der Waals surface area (Å²) in [5.41, 5.74) is 0. The van der Waals surface area contributed by atoms with Crippen LogP contribution in [-0.4, -0.2) is 48.7 Å². The molecular weight excluding hydrogens is 222 g/mol. The van der Waals surface area contributed by atoms with Gasteiger partial charge in [0, 0.05) is 6.92 Å². The van der Waals surface area contributed by atoms with Crippen molar-refractivity contribution in [3.05, 3.63) is 10.1 Å². The molecule has 0 spiro atoms. The number of fused-ring (bicyclic) bond motifs is 1. The zero-order valence-electron chi connectivity index (χ0n) is 8.53. The van der Waals surface area contributed by atoms with Gasteiger partial charge in [-0.3, -0.25) is 4.79 Å². The van der Waals surface area contributed by atoms with E-state index in [1.165, 1.54) is 6.92 Å². The minimum Gasteiger partial charge on any atom is -0.457 e. The van der Waals surface area contributed by atoms with Gasteiger partial charge in [0.05, 0.1) is 13.2 Å². The van der Waals surface area contributed by atoms with Crippen LogP contribution in [0.2, 0.25) is 0 Å². The van der Waals surface area contributed by atoms with Gasteiger partial charge in [0.2, 0.25) is 0 Å². The lowest BCUT2D eigenvalue weighted by Gasteiger charge is -2.15. The van der Waals surface area contributed by atoms with E-state index in [0.717, 1.165) is 0 Å². The lowest BCUT2D eigenvalue weighted by Crippen LogP contribution is -2.35. The largest absolute Gasteiger partial charge is 0.457 e. The van der Waals surface area contributed by atoms with Crippen LogP contribution >= 0.6 is 0 Å². The van der Waals surface area contributed by atoms with E-state index in [2.05, 4.69) is 4.84 Å². The molecule has 0 radical (unpaired) electrons. The maximum absolute atomic E-state index is 10.8. The van der Waals surface area contributed by atoms with Crippen molar-refractivity contribution < 1.29 is 28.9 Å². The molecule has 0 aromatic heterocycles. The number of ether oxygens (including phenoxy) is 3. The lowest BCUT2D eigenvalue weighted by atomic mass is 10.1. The second kappa shape index (κ2) is 4.22. The van der Waals surface area contributed by atoms with Crippen LogP contribution in [0.3, 0.4) is 0 Å². The van der Waals surface area contributed by atoms with Crippen LogP contribution in [0.5, 0.6) is 0 Å². The maximum Gasteiger partial charge on any atom is 0.303 e. The van der Waals surface area contributed by atoms with Crippen molar-refractivity contribution >= 4 is 5.97 Å². The van der Waals surface area contributed by atoms with Crippen LogP contribution in [0, 0.1) is 10.1 Å². The van der Waals surface area contributed by atoms with Crippen LogP contribution in [0.15, 0.2) is 0 Å². The molecule has 8 heteroatoms. The first-order chi connectivity index (χ1) is 7.58. The average Bonchev–Trinajstić information content (AvgIpc) is 2.70. The Morgan fingerprint density at radius 1 is 1.31 bits per heavy atom. The second-order valence-electron chi connectivity index (χ2n) is 3.61. The van der Waals surface area contributed by atoms with Gasteiger partial charge in [-0.05, 0) is 0 Å². The molecule has 0 amide bonds. The predicted molar refractivity (Wildman–Crippen MR) is 46.9 cm³/mol. The molecule has 0 aromatic carbocycles. The predicted octanol–water partition coefficient (Wildman–Crippen LogP) is -0.707. The Hall–Kier alpha value is -1.41. The van der Waals surface area contributed by atoms with Gasteiger partial charge in [0.25, 0.3) is 5.09 Å². The van der Waals surface area contributed by atoms with Crippen molar-refractivity contribution in [1.29, 1.82) is 0 Å². The minimum atomic E-state index is -0.876. The molecule has 2 heterocycles. The Labute approximate surface area is 90.5 Å². The van der Waals surface area contributed by atoms with Crippen molar-refractivity contribution in [3.8, 4) is 0 Å². The molecule has 2 aliphatic heterocycles. The molecule has 0 unspecified atom stereocenters. The highest BCUT2D eigenvalue weighted by atomic mass is 17.0. The minimum absolute atomic E-state index is 0.0636. The van der Waals surface area contributed by atoms with E-state index in [0.29, 0.717) is 0 Å². The van der Waals surface area contributed by atoms with Crippen molar-refractivity contribution in [3.63, 3.8) is 0 Å². The summed E-state index contributed by atoms with van der Waals surface area (Å²) >= 11 is 0. The van der Waals surface area contributed by atoms with Gasteiger partial charge in [-0.25, -0.2) is 0 Å². The van der Waals surface area contributed by atoms with E-state index in [1.807, 2.05) is 0 Å². The molecule has 2 rings (SSSR count). The fourth-order valence-corrected chi connectivity index (χ4v) is 1.94. The topological polar surface area (TPSA) is 97.1 Å². The lowest BCUT2D eigenvalue weighted by molar-refractivity contribution is -0.769. The standard InChI is InChI=1S/C8H11NO7/c1-4(10)15-5-2-13-8-6(16-9(11)12)3-14-7(5)8/h5-8H,2-3H2,1H3/t5-,6+,7-,8-/m1/s1. The third kappa shape index (κ3) is 2.07. The molecule has 16 heavy (non-hydrogen) atoms. The summed E-state index contributed by atoms with van der Waals surface area (Å²) in [5, 5.41) is 9.31. The molecule has 0 saturated carbocycles. The zero-order chi connectivity index (χ0) is 11.7. The highest BCUT2D eigenvalue weighted by molar-refractivity contribution is 5.66. The summed E-state index contributed by atoms with van der Waals surface area (Å²) in [7, 11) is 0. The van der Waals surface area contributed by atoms with Crippen molar-refractivity contribution in [2.45, 2.75) is 31.3 Å². The number of hydrogen-bond donors (Lipinski definition) is 0. The summed E-state index contributed by atoms with van der Waals surface area (Å²) in [5.74, 6) is -0.434. The van der Waals surface area contributed by atoms with Gasteiger partial charge in [0.15, 0.2) is 12.2 Å². The first kappa shape index (κ1) is 11.1. The number of carbonyl (C=O) groups is 1. The Balaban J connectivity index is 1.95. The number of rotatable bonds is 3. The summed E-state index contributed by atoms with van der Waals surface area (Å²) < 4.78 is 15.5. The van der Waals surface area contributed by atoms with Crippen LogP contribution < -0.4 is 0 Å². The second-order valence-corrected chi connectivity index (χ2v) is 3.61. The highest BCUT2D eigenvalue weighted by Gasteiger charge is 2.50. The van der Waals surface area contributed by atoms with E-state index in [4.69, 9.17) is 14.2 Å². The monoisotopic (exact) mass is 233 g/mol. The third-order valence-corrected chi connectivity index (χ3v) is 2.50. The smallest absolute Gasteiger partial charge is 0.303 e. The van der Waals surface area contributed by atoms with Crippen LogP contribution in [0.4, 0.5) is 0 Å². The average molecular weight is 233 g/mol. The van der Waals surface area contributed by atoms with Gasteiger partial charge < -0.3 is 19.0 Å². The summed E-state index contributed by atoms with van der Waals surface area (Å²) in [6.45, 7) is 1.52. The molecule has 2 aliphatic rings. The molecule has 2 saturated heterocycles. The Bertz CT molecular complexity index is 277. The van der Waals surface area contributed by atoms with Gasteiger partial charge in [-0.2, -0.15) is 0 Å². The van der Waals surface area contributed by atoms with E-state index in [9.17, 15) is 14.9 Å². The SMILES string of the molecule is CC(=O)O[C@@H]1CO[C@H]2[C@@H]1OC[C@@H]2O[N+](=O)[O-]. The number of esters is 1. The van der Waals surface area contributed by atoms with Gasteiger partial charge in [-0.15, -0.1) is 10.1 Å².